The minimum Gasteiger partial charge on any atom is -0.378 e. The van der Waals surface area contributed by atoms with E-state index in [1.165, 1.54) is 5.69 Å². The van der Waals surface area contributed by atoms with E-state index in [0.717, 1.165) is 51.1 Å². The van der Waals surface area contributed by atoms with E-state index in [-0.39, 0.29) is 5.54 Å². The van der Waals surface area contributed by atoms with Crippen molar-refractivity contribution >= 4 is 11.8 Å². The van der Waals surface area contributed by atoms with Crippen LogP contribution in [-0.4, -0.2) is 32.4 Å². The van der Waals surface area contributed by atoms with Gasteiger partial charge in [-0.3, -0.25) is 0 Å². The summed E-state index contributed by atoms with van der Waals surface area (Å²) in [6, 6.07) is 8.46. The molecule has 1 saturated carbocycles. The first-order valence-corrected chi connectivity index (χ1v) is 6.86. The second-order valence-corrected chi connectivity index (χ2v) is 5.23. The normalized spacial score (nSPS) is 21.4. The molecule has 3 rings (SSSR count). The van der Waals surface area contributed by atoms with Gasteiger partial charge in [0, 0.05) is 18.8 Å². The maximum absolute atomic E-state index is 10.6. The van der Waals surface area contributed by atoms with Crippen molar-refractivity contribution in [3.8, 4) is 0 Å². The highest BCUT2D eigenvalue weighted by atomic mass is 16.5. The molecule has 0 amide bonds. The van der Waals surface area contributed by atoms with Crippen LogP contribution in [-0.2, 0) is 15.1 Å². The van der Waals surface area contributed by atoms with Gasteiger partial charge in [-0.2, -0.15) is 4.99 Å². The first-order valence-electron chi connectivity index (χ1n) is 6.86. The molecule has 4 nitrogen and oxygen atoms in total. The quantitative estimate of drug-likeness (QED) is 0.617. The predicted molar refractivity (Wildman–Crippen MR) is 73.1 cm³/mol. The Kier molecular flexibility index (Phi) is 3.36. The lowest BCUT2D eigenvalue weighted by Gasteiger charge is -2.37. The molecule has 0 N–H and O–H groups in total. The second kappa shape index (κ2) is 5.16. The molecule has 2 fully saturated rings. The number of aliphatic imine (C=N–C) groups is 1. The van der Waals surface area contributed by atoms with Gasteiger partial charge < -0.3 is 9.64 Å². The smallest absolute Gasteiger partial charge is 0.235 e. The molecule has 1 aromatic carbocycles. The molecule has 0 unspecified atom stereocenters. The lowest BCUT2D eigenvalue weighted by Crippen LogP contribution is -2.36. The van der Waals surface area contributed by atoms with E-state index < -0.39 is 0 Å². The van der Waals surface area contributed by atoms with Gasteiger partial charge in [0.1, 0.15) is 0 Å². The van der Waals surface area contributed by atoms with Crippen molar-refractivity contribution in [2.45, 2.75) is 24.8 Å². The fraction of sp³-hybridized carbons (Fsp3) is 0.533. The Labute approximate surface area is 113 Å². The number of anilines is 1. The van der Waals surface area contributed by atoms with Crippen LogP contribution < -0.4 is 4.90 Å². The fourth-order valence-corrected chi connectivity index (χ4v) is 2.87. The summed E-state index contributed by atoms with van der Waals surface area (Å²) in [6.45, 7) is 3.47. The van der Waals surface area contributed by atoms with Gasteiger partial charge in [-0.25, -0.2) is 4.79 Å². The topological polar surface area (TPSA) is 41.9 Å². The minimum absolute atomic E-state index is 0.286. The number of nitrogens with zero attached hydrogens (tertiary/aromatic N) is 2. The number of benzene rings is 1. The Bertz CT molecular complexity index is 481. The first-order chi connectivity index (χ1) is 9.34. The van der Waals surface area contributed by atoms with Crippen molar-refractivity contribution in [1.29, 1.82) is 0 Å². The number of hydrogen-bond donors (Lipinski definition) is 0. The van der Waals surface area contributed by atoms with E-state index in [1.807, 2.05) is 0 Å². The van der Waals surface area contributed by atoms with Crippen LogP contribution in [0.3, 0.4) is 0 Å². The molecular weight excluding hydrogens is 240 g/mol. The van der Waals surface area contributed by atoms with E-state index in [9.17, 15) is 4.79 Å². The van der Waals surface area contributed by atoms with Crippen LogP contribution in [0.5, 0.6) is 0 Å². The van der Waals surface area contributed by atoms with E-state index in [1.54, 1.807) is 6.08 Å². The number of isocyanates is 1. The van der Waals surface area contributed by atoms with Crippen molar-refractivity contribution in [3.05, 3.63) is 29.8 Å². The predicted octanol–water partition coefficient (Wildman–Crippen LogP) is 2.24. The summed E-state index contributed by atoms with van der Waals surface area (Å²) in [6.07, 6.45) is 4.79. The molecular formula is C15H18N2O2. The Hall–Kier alpha value is -1.64. The van der Waals surface area contributed by atoms with Gasteiger partial charge in [0.25, 0.3) is 0 Å². The third-order valence-electron chi connectivity index (χ3n) is 4.22. The summed E-state index contributed by atoms with van der Waals surface area (Å²) in [5.41, 5.74) is 2.07. The third-order valence-corrected chi connectivity index (χ3v) is 4.22. The van der Waals surface area contributed by atoms with Crippen LogP contribution in [0.1, 0.15) is 24.8 Å². The average molecular weight is 258 g/mol. The molecule has 4 heteroatoms. The van der Waals surface area contributed by atoms with E-state index >= 15 is 0 Å². The van der Waals surface area contributed by atoms with Gasteiger partial charge in [-0.1, -0.05) is 12.1 Å². The van der Waals surface area contributed by atoms with Gasteiger partial charge in [0.15, 0.2) is 0 Å². The van der Waals surface area contributed by atoms with Gasteiger partial charge in [-0.15, -0.1) is 0 Å². The van der Waals surface area contributed by atoms with E-state index in [2.05, 4.69) is 34.2 Å². The zero-order chi connectivity index (χ0) is 13.1. The van der Waals surface area contributed by atoms with Gasteiger partial charge in [0.2, 0.25) is 6.08 Å². The van der Waals surface area contributed by atoms with Crippen LogP contribution in [0.2, 0.25) is 0 Å². The zero-order valence-electron chi connectivity index (χ0n) is 11.0. The first kappa shape index (κ1) is 12.4. The Balaban J connectivity index is 1.80. The number of ether oxygens (including phenoxy) is 1. The number of rotatable bonds is 3. The van der Waals surface area contributed by atoms with Crippen LogP contribution in [0.15, 0.2) is 29.3 Å². The summed E-state index contributed by atoms with van der Waals surface area (Å²) < 4.78 is 5.36. The van der Waals surface area contributed by atoms with Crippen molar-refractivity contribution in [2.75, 3.05) is 31.2 Å². The molecule has 1 heterocycles. The van der Waals surface area contributed by atoms with Gasteiger partial charge in [-0.05, 0) is 37.0 Å². The molecule has 100 valence electrons. The Morgan fingerprint density at radius 3 is 2.37 bits per heavy atom. The lowest BCUT2D eigenvalue weighted by atomic mass is 9.72. The Morgan fingerprint density at radius 2 is 1.84 bits per heavy atom. The molecule has 0 radical (unpaired) electrons. The van der Waals surface area contributed by atoms with Crippen molar-refractivity contribution in [3.63, 3.8) is 0 Å². The molecule has 0 bridgehead atoms. The summed E-state index contributed by atoms with van der Waals surface area (Å²) in [5, 5.41) is 0. The minimum atomic E-state index is -0.286. The molecule has 0 spiro atoms. The maximum Gasteiger partial charge on any atom is 0.235 e. The monoisotopic (exact) mass is 258 g/mol. The molecule has 0 atom stereocenters. The lowest BCUT2D eigenvalue weighted by molar-refractivity contribution is 0.122. The summed E-state index contributed by atoms with van der Waals surface area (Å²) in [5.74, 6) is 0. The van der Waals surface area contributed by atoms with E-state index in [0.29, 0.717) is 0 Å². The number of morpholine rings is 1. The SMILES string of the molecule is O=C=NC1(c2ccc(N3CCOCC3)cc2)CCC1. The highest BCUT2D eigenvalue weighted by Gasteiger charge is 2.38. The largest absolute Gasteiger partial charge is 0.378 e. The summed E-state index contributed by atoms with van der Waals surface area (Å²) >= 11 is 0. The van der Waals surface area contributed by atoms with E-state index in [4.69, 9.17) is 4.74 Å². The molecule has 0 aromatic heterocycles. The van der Waals surface area contributed by atoms with Gasteiger partial charge in [0.05, 0.1) is 18.8 Å². The van der Waals surface area contributed by atoms with Crippen LogP contribution in [0.4, 0.5) is 5.69 Å². The molecule has 1 aromatic rings. The maximum atomic E-state index is 10.6. The van der Waals surface area contributed by atoms with Crippen molar-refractivity contribution in [2.24, 2.45) is 4.99 Å². The van der Waals surface area contributed by atoms with Crippen LogP contribution in [0.25, 0.3) is 0 Å². The standard InChI is InChI=1S/C15H18N2O2/c18-12-16-15(6-1-7-15)13-2-4-14(5-3-13)17-8-10-19-11-9-17/h2-5H,1,6-11H2. The molecule has 1 aliphatic heterocycles. The van der Waals surface area contributed by atoms with Crippen molar-refractivity contribution < 1.29 is 9.53 Å². The van der Waals surface area contributed by atoms with Crippen LogP contribution >= 0.6 is 0 Å². The molecule has 1 saturated heterocycles. The van der Waals surface area contributed by atoms with Crippen LogP contribution in [0, 0.1) is 0 Å². The summed E-state index contributed by atoms with van der Waals surface area (Å²) in [4.78, 5) is 16.9. The number of carbonyl (C=O) groups excluding carboxylic acids is 1. The molecule has 2 aliphatic rings. The summed E-state index contributed by atoms with van der Waals surface area (Å²) in [7, 11) is 0. The Morgan fingerprint density at radius 1 is 1.16 bits per heavy atom. The van der Waals surface area contributed by atoms with Gasteiger partial charge >= 0.3 is 0 Å². The number of hydrogen-bond acceptors (Lipinski definition) is 4. The third kappa shape index (κ3) is 2.29. The molecule has 1 aliphatic carbocycles. The molecule has 19 heavy (non-hydrogen) atoms. The highest BCUT2D eigenvalue weighted by Crippen LogP contribution is 2.44. The zero-order valence-corrected chi connectivity index (χ0v) is 11.0. The second-order valence-electron chi connectivity index (χ2n) is 5.23. The fourth-order valence-electron chi connectivity index (χ4n) is 2.87. The van der Waals surface area contributed by atoms with Crippen molar-refractivity contribution in [1.82, 2.24) is 0 Å². The average Bonchev–Trinajstić information content (AvgIpc) is 2.44. The highest BCUT2D eigenvalue weighted by molar-refractivity contribution is 5.50.